The SMILES string of the molecule is Cc1ccc2c(COC(=O)C[C@@H]3C[C@H]4CC[C@H]3C4)cc(=O)oc2c1. The van der Waals surface area contributed by atoms with Crippen LogP contribution in [0.15, 0.2) is 33.5 Å². The zero-order chi connectivity index (χ0) is 16.7. The Morgan fingerprint density at radius 1 is 1.25 bits per heavy atom. The summed E-state index contributed by atoms with van der Waals surface area (Å²) in [5, 5.41) is 0.827. The van der Waals surface area contributed by atoms with E-state index in [1.807, 2.05) is 25.1 Å². The van der Waals surface area contributed by atoms with Crippen LogP contribution < -0.4 is 5.63 Å². The first kappa shape index (κ1) is 15.4. The van der Waals surface area contributed by atoms with Gasteiger partial charge in [-0.05, 0) is 55.6 Å². The van der Waals surface area contributed by atoms with E-state index < -0.39 is 5.63 Å². The molecule has 0 aliphatic heterocycles. The highest BCUT2D eigenvalue weighted by Gasteiger charge is 2.40. The van der Waals surface area contributed by atoms with Gasteiger partial charge in [-0.25, -0.2) is 4.79 Å². The molecule has 0 amide bonds. The van der Waals surface area contributed by atoms with Gasteiger partial charge < -0.3 is 9.15 Å². The minimum absolute atomic E-state index is 0.130. The van der Waals surface area contributed by atoms with E-state index in [1.165, 1.54) is 31.7 Å². The van der Waals surface area contributed by atoms with Gasteiger partial charge in [0.05, 0.1) is 0 Å². The summed E-state index contributed by atoms with van der Waals surface area (Å²) in [6.07, 6.45) is 5.59. The lowest BCUT2D eigenvalue weighted by Crippen LogP contribution is -2.17. The maximum absolute atomic E-state index is 12.2. The number of rotatable bonds is 4. The second-order valence-electron chi connectivity index (χ2n) is 7.39. The number of carbonyl (C=O) groups excluding carboxylic acids is 1. The molecule has 24 heavy (non-hydrogen) atoms. The van der Waals surface area contributed by atoms with Crippen molar-refractivity contribution in [1.29, 1.82) is 0 Å². The van der Waals surface area contributed by atoms with Crippen LogP contribution in [-0.4, -0.2) is 5.97 Å². The Morgan fingerprint density at radius 3 is 2.88 bits per heavy atom. The fraction of sp³-hybridized carbons (Fsp3) is 0.500. The van der Waals surface area contributed by atoms with Crippen LogP contribution in [0.3, 0.4) is 0 Å². The third kappa shape index (κ3) is 2.97. The molecule has 1 heterocycles. The standard InChI is InChI=1S/C20H22O4/c1-12-2-5-17-16(10-20(22)24-18(17)6-12)11-23-19(21)9-15-8-13-3-4-14(15)7-13/h2,5-6,10,13-15H,3-4,7-9,11H2,1H3/t13-,14-,15-/m0/s1. The van der Waals surface area contributed by atoms with Crippen molar-refractivity contribution >= 4 is 16.9 Å². The molecule has 2 aliphatic carbocycles. The van der Waals surface area contributed by atoms with Crippen molar-refractivity contribution in [3.05, 3.63) is 45.8 Å². The Labute approximate surface area is 140 Å². The van der Waals surface area contributed by atoms with E-state index in [2.05, 4.69) is 0 Å². The topological polar surface area (TPSA) is 56.5 Å². The summed E-state index contributed by atoms with van der Waals surface area (Å²) >= 11 is 0. The highest BCUT2D eigenvalue weighted by Crippen LogP contribution is 2.49. The van der Waals surface area contributed by atoms with Crippen LogP contribution >= 0.6 is 0 Å². The molecule has 4 heteroatoms. The van der Waals surface area contributed by atoms with Gasteiger partial charge >= 0.3 is 11.6 Å². The van der Waals surface area contributed by atoms with Gasteiger partial charge in [0, 0.05) is 23.4 Å². The molecule has 126 valence electrons. The number of ether oxygens (including phenoxy) is 1. The molecule has 0 spiro atoms. The third-order valence-electron chi connectivity index (χ3n) is 5.69. The lowest BCUT2D eigenvalue weighted by Gasteiger charge is -2.20. The van der Waals surface area contributed by atoms with Crippen molar-refractivity contribution < 1.29 is 13.9 Å². The molecule has 1 aromatic heterocycles. The van der Waals surface area contributed by atoms with Gasteiger partial charge in [0.2, 0.25) is 0 Å². The van der Waals surface area contributed by atoms with E-state index in [9.17, 15) is 9.59 Å². The monoisotopic (exact) mass is 326 g/mol. The number of aryl methyl sites for hydroxylation is 1. The summed E-state index contributed by atoms with van der Waals surface area (Å²) in [4.78, 5) is 23.9. The van der Waals surface area contributed by atoms with Gasteiger partial charge in [0.15, 0.2) is 0 Å². The lowest BCUT2D eigenvalue weighted by molar-refractivity contribution is -0.146. The van der Waals surface area contributed by atoms with Crippen LogP contribution in [0.5, 0.6) is 0 Å². The Balaban J connectivity index is 1.44. The first-order valence-corrected chi connectivity index (χ1v) is 8.77. The smallest absolute Gasteiger partial charge is 0.336 e. The van der Waals surface area contributed by atoms with Crippen LogP contribution in [0, 0.1) is 24.7 Å². The fourth-order valence-corrected chi connectivity index (χ4v) is 4.51. The lowest BCUT2D eigenvalue weighted by atomic mass is 9.86. The van der Waals surface area contributed by atoms with Crippen molar-refractivity contribution in [2.75, 3.05) is 0 Å². The summed E-state index contributed by atoms with van der Waals surface area (Å²) in [7, 11) is 0. The predicted molar refractivity (Wildman–Crippen MR) is 90.6 cm³/mol. The van der Waals surface area contributed by atoms with Crippen LogP contribution in [0.25, 0.3) is 11.0 Å². The Kier molecular flexibility index (Phi) is 3.91. The molecule has 4 rings (SSSR count). The van der Waals surface area contributed by atoms with E-state index >= 15 is 0 Å². The molecule has 2 aromatic rings. The maximum Gasteiger partial charge on any atom is 0.336 e. The Morgan fingerprint density at radius 2 is 2.12 bits per heavy atom. The van der Waals surface area contributed by atoms with Gasteiger partial charge in [-0.1, -0.05) is 18.6 Å². The molecule has 3 atom stereocenters. The van der Waals surface area contributed by atoms with E-state index in [-0.39, 0.29) is 12.6 Å². The summed E-state index contributed by atoms with van der Waals surface area (Å²) in [6, 6.07) is 7.12. The predicted octanol–water partition coefficient (Wildman–Crippen LogP) is 3.97. The van der Waals surface area contributed by atoms with E-state index in [1.54, 1.807) is 0 Å². The average Bonchev–Trinajstić information content (AvgIpc) is 3.14. The molecule has 0 unspecified atom stereocenters. The van der Waals surface area contributed by atoms with E-state index in [4.69, 9.17) is 9.15 Å². The average molecular weight is 326 g/mol. The van der Waals surface area contributed by atoms with Crippen molar-refractivity contribution in [2.24, 2.45) is 17.8 Å². The van der Waals surface area contributed by atoms with Crippen LogP contribution in [0.1, 0.15) is 43.2 Å². The molecule has 2 aliphatic rings. The molecule has 0 N–H and O–H groups in total. The van der Waals surface area contributed by atoms with Crippen LogP contribution in [0.2, 0.25) is 0 Å². The molecule has 0 radical (unpaired) electrons. The molecule has 2 fully saturated rings. The minimum Gasteiger partial charge on any atom is -0.461 e. The molecule has 4 nitrogen and oxygen atoms in total. The number of hydrogen-bond donors (Lipinski definition) is 0. The summed E-state index contributed by atoms with van der Waals surface area (Å²) in [6.45, 7) is 2.08. The normalized spacial score (nSPS) is 25.3. The molecular formula is C20H22O4. The van der Waals surface area contributed by atoms with Crippen LogP contribution in [-0.2, 0) is 16.1 Å². The summed E-state index contributed by atoms with van der Waals surface area (Å²) < 4.78 is 10.7. The minimum atomic E-state index is -0.410. The number of fused-ring (bicyclic) bond motifs is 3. The van der Waals surface area contributed by atoms with Gasteiger partial charge in [0.25, 0.3) is 0 Å². The molecule has 0 saturated heterocycles. The third-order valence-corrected chi connectivity index (χ3v) is 5.69. The Bertz CT molecular complexity index is 835. The van der Waals surface area contributed by atoms with Crippen molar-refractivity contribution in [2.45, 2.75) is 45.6 Å². The number of hydrogen-bond acceptors (Lipinski definition) is 4. The highest BCUT2D eigenvalue weighted by atomic mass is 16.5. The molecular weight excluding hydrogens is 304 g/mol. The zero-order valence-corrected chi connectivity index (χ0v) is 13.9. The first-order chi connectivity index (χ1) is 11.6. The van der Waals surface area contributed by atoms with Gasteiger partial charge in [-0.3, -0.25) is 4.79 Å². The second-order valence-corrected chi connectivity index (χ2v) is 7.39. The van der Waals surface area contributed by atoms with Crippen molar-refractivity contribution in [1.82, 2.24) is 0 Å². The Hall–Kier alpha value is -2.10. The fourth-order valence-electron chi connectivity index (χ4n) is 4.51. The molecule has 1 aromatic carbocycles. The van der Waals surface area contributed by atoms with Gasteiger partial charge in [-0.2, -0.15) is 0 Å². The quantitative estimate of drug-likeness (QED) is 0.630. The number of benzene rings is 1. The van der Waals surface area contributed by atoms with E-state index in [0.717, 1.165) is 22.8 Å². The number of carbonyl (C=O) groups is 1. The van der Waals surface area contributed by atoms with Gasteiger partial charge in [0.1, 0.15) is 12.2 Å². The van der Waals surface area contributed by atoms with Crippen molar-refractivity contribution in [3.63, 3.8) is 0 Å². The molecule has 2 bridgehead atoms. The largest absolute Gasteiger partial charge is 0.461 e. The highest BCUT2D eigenvalue weighted by molar-refractivity contribution is 5.81. The second kappa shape index (κ2) is 6.08. The summed E-state index contributed by atoms with van der Waals surface area (Å²) in [5.41, 5.74) is 1.87. The van der Waals surface area contributed by atoms with Gasteiger partial charge in [-0.15, -0.1) is 0 Å². The maximum atomic E-state index is 12.2. The zero-order valence-electron chi connectivity index (χ0n) is 13.9. The first-order valence-electron chi connectivity index (χ1n) is 8.77. The van der Waals surface area contributed by atoms with Crippen LogP contribution in [0.4, 0.5) is 0 Å². The summed E-state index contributed by atoms with van der Waals surface area (Å²) in [5.74, 6) is 1.89. The van der Waals surface area contributed by atoms with E-state index in [0.29, 0.717) is 23.5 Å². The van der Waals surface area contributed by atoms with Crippen molar-refractivity contribution in [3.8, 4) is 0 Å². The molecule has 2 saturated carbocycles. The number of esters is 1.